The molecular formula is C14H18N2O3. The summed E-state index contributed by atoms with van der Waals surface area (Å²) in [6.07, 6.45) is 0. The molecule has 2 rings (SSSR count). The Morgan fingerprint density at radius 3 is 2.74 bits per heavy atom. The minimum absolute atomic E-state index is 0.656. The number of hydrogen-bond acceptors (Lipinski definition) is 3. The van der Waals surface area contributed by atoms with Gasteiger partial charge >= 0.3 is 5.97 Å². The van der Waals surface area contributed by atoms with Crippen molar-refractivity contribution in [2.24, 2.45) is 5.73 Å². The lowest BCUT2D eigenvalue weighted by atomic mass is 10.0. The van der Waals surface area contributed by atoms with Crippen LogP contribution in [0.4, 0.5) is 0 Å². The van der Waals surface area contributed by atoms with Crippen molar-refractivity contribution in [3.05, 3.63) is 29.5 Å². The molecule has 3 N–H and O–H groups in total. The van der Waals surface area contributed by atoms with Gasteiger partial charge in [0.1, 0.15) is 11.8 Å². The molecule has 1 unspecified atom stereocenters. The molecule has 0 aliphatic heterocycles. The molecule has 0 saturated heterocycles. The quantitative estimate of drug-likeness (QED) is 0.884. The molecule has 5 heteroatoms. The predicted molar refractivity (Wildman–Crippen MR) is 73.5 cm³/mol. The summed E-state index contributed by atoms with van der Waals surface area (Å²) in [6.45, 7) is 4.63. The minimum Gasteiger partial charge on any atom is -0.495 e. The standard InChI is InChI=1S/C14H18N2O3/c1-4-16-8(2)11(12(15)14(17)18)9-6-5-7-10(19-3)13(9)16/h5-7,12H,4,15H2,1-3H3,(H,17,18). The largest absolute Gasteiger partial charge is 0.495 e. The Bertz CT molecular complexity index is 631. The fraction of sp³-hybridized carbons (Fsp3) is 0.357. The van der Waals surface area contributed by atoms with Gasteiger partial charge in [0.05, 0.1) is 12.6 Å². The third-order valence-corrected chi connectivity index (χ3v) is 3.47. The van der Waals surface area contributed by atoms with Gasteiger partial charge in [-0.25, -0.2) is 0 Å². The molecule has 0 bridgehead atoms. The van der Waals surface area contributed by atoms with Gasteiger partial charge in [-0.1, -0.05) is 12.1 Å². The molecule has 0 fully saturated rings. The van der Waals surface area contributed by atoms with Crippen molar-refractivity contribution in [2.75, 3.05) is 7.11 Å². The van der Waals surface area contributed by atoms with Gasteiger partial charge in [0, 0.05) is 23.2 Å². The Kier molecular flexibility index (Phi) is 3.48. The van der Waals surface area contributed by atoms with E-state index in [0.29, 0.717) is 5.56 Å². The van der Waals surface area contributed by atoms with E-state index in [1.165, 1.54) is 0 Å². The van der Waals surface area contributed by atoms with Crippen LogP contribution < -0.4 is 10.5 Å². The lowest BCUT2D eigenvalue weighted by molar-refractivity contribution is -0.138. The third-order valence-electron chi connectivity index (χ3n) is 3.47. The Morgan fingerprint density at radius 2 is 2.21 bits per heavy atom. The highest BCUT2D eigenvalue weighted by Crippen LogP contribution is 2.35. The molecule has 1 aromatic heterocycles. The van der Waals surface area contributed by atoms with Crippen LogP contribution in [-0.2, 0) is 11.3 Å². The number of aryl methyl sites for hydroxylation is 1. The molecule has 5 nitrogen and oxygen atoms in total. The lowest BCUT2D eigenvalue weighted by Crippen LogP contribution is -2.21. The van der Waals surface area contributed by atoms with Gasteiger partial charge in [-0.3, -0.25) is 4.79 Å². The summed E-state index contributed by atoms with van der Waals surface area (Å²) in [7, 11) is 1.61. The van der Waals surface area contributed by atoms with Crippen LogP contribution >= 0.6 is 0 Å². The van der Waals surface area contributed by atoms with Crippen LogP contribution in [0.3, 0.4) is 0 Å². The molecule has 0 saturated carbocycles. The molecule has 1 heterocycles. The normalized spacial score (nSPS) is 12.6. The number of carboxylic acids is 1. The number of nitrogens with zero attached hydrogens (tertiary/aromatic N) is 1. The van der Waals surface area contributed by atoms with Crippen molar-refractivity contribution in [1.29, 1.82) is 0 Å². The summed E-state index contributed by atoms with van der Waals surface area (Å²) >= 11 is 0. The molecule has 0 aliphatic carbocycles. The van der Waals surface area contributed by atoms with Crippen molar-refractivity contribution in [2.45, 2.75) is 26.4 Å². The van der Waals surface area contributed by atoms with Crippen LogP contribution in [0.1, 0.15) is 24.2 Å². The highest BCUT2D eigenvalue weighted by atomic mass is 16.5. The van der Waals surface area contributed by atoms with Gasteiger partial charge in [-0.05, 0) is 19.9 Å². The second kappa shape index (κ2) is 4.93. The molecule has 0 spiro atoms. The molecular weight excluding hydrogens is 244 g/mol. The Hall–Kier alpha value is -2.01. The van der Waals surface area contributed by atoms with Crippen molar-refractivity contribution in [3.8, 4) is 5.75 Å². The number of fused-ring (bicyclic) bond motifs is 1. The number of aliphatic carboxylic acids is 1. The van der Waals surface area contributed by atoms with E-state index in [0.717, 1.165) is 28.9 Å². The average molecular weight is 262 g/mol. The molecule has 19 heavy (non-hydrogen) atoms. The van der Waals surface area contributed by atoms with E-state index in [1.54, 1.807) is 7.11 Å². The number of benzene rings is 1. The molecule has 0 aliphatic rings. The topological polar surface area (TPSA) is 77.5 Å². The highest BCUT2D eigenvalue weighted by Gasteiger charge is 2.24. The summed E-state index contributed by atoms with van der Waals surface area (Å²) in [5.74, 6) is -0.299. The van der Waals surface area contributed by atoms with E-state index in [1.807, 2.05) is 36.6 Å². The number of rotatable bonds is 4. The number of methoxy groups -OCH3 is 1. The summed E-state index contributed by atoms with van der Waals surface area (Å²) in [4.78, 5) is 11.2. The van der Waals surface area contributed by atoms with Crippen LogP contribution in [-0.4, -0.2) is 22.8 Å². The van der Waals surface area contributed by atoms with Crippen LogP contribution in [0.2, 0.25) is 0 Å². The van der Waals surface area contributed by atoms with Gasteiger partial charge in [0.25, 0.3) is 0 Å². The Labute approximate surface area is 111 Å². The second-order valence-electron chi connectivity index (χ2n) is 4.42. The van der Waals surface area contributed by atoms with E-state index in [-0.39, 0.29) is 0 Å². The third kappa shape index (κ3) is 1.96. The number of aromatic nitrogens is 1. The van der Waals surface area contributed by atoms with E-state index >= 15 is 0 Å². The zero-order valence-electron chi connectivity index (χ0n) is 11.3. The van der Waals surface area contributed by atoms with Crippen molar-refractivity contribution in [1.82, 2.24) is 4.57 Å². The maximum absolute atomic E-state index is 11.2. The van der Waals surface area contributed by atoms with Crippen molar-refractivity contribution in [3.63, 3.8) is 0 Å². The van der Waals surface area contributed by atoms with Gasteiger partial charge in [-0.15, -0.1) is 0 Å². The van der Waals surface area contributed by atoms with Crippen LogP contribution in [0.25, 0.3) is 10.9 Å². The number of carbonyl (C=O) groups is 1. The molecule has 102 valence electrons. The number of ether oxygens (including phenoxy) is 1. The highest BCUT2D eigenvalue weighted by molar-refractivity contribution is 5.94. The Morgan fingerprint density at radius 1 is 1.53 bits per heavy atom. The first kappa shape index (κ1) is 13.4. The smallest absolute Gasteiger partial charge is 0.325 e. The molecule has 1 aromatic carbocycles. The molecule has 0 radical (unpaired) electrons. The number of hydrogen-bond donors (Lipinski definition) is 2. The maximum atomic E-state index is 11.2. The summed E-state index contributed by atoms with van der Waals surface area (Å²) < 4.78 is 7.40. The van der Waals surface area contributed by atoms with E-state index < -0.39 is 12.0 Å². The zero-order valence-corrected chi connectivity index (χ0v) is 11.3. The van der Waals surface area contributed by atoms with Crippen molar-refractivity contribution < 1.29 is 14.6 Å². The lowest BCUT2D eigenvalue weighted by Gasteiger charge is -2.08. The summed E-state index contributed by atoms with van der Waals surface area (Å²) in [5.41, 5.74) is 8.24. The number of carboxylic acid groups (broad SMARTS) is 1. The minimum atomic E-state index is -1.03. The van der Waals surface area contributed by atoms with Gasteiger partial charge in [-0.2, -0.15) is 0 Å². The van der Waals surface area contributed by atoms with Crippen molar-refractivity contribution >= 4 is 16.9 Å². The fourth-order valence-corrected chi connectivity index (χ4v) is 2.60. The van der Waals surface area contributed by atoms with E-state index in [4.69, 9.17) is 15.6 Å². The Balaban J connectivity index is 2.86. The molecule has 1 atom stereocenters. The van der Waals surface area contributed by atoms with E-state index in [2.05, 4.69) is 0 Å². The first-order valence-electron chi connectivity index (χ1n) is 6.17. The monoisotopic (exact) mass is 262 g/mol. The van der Waals surface area contributed by atoms with Crippen LogP contribution in [0.5, 0.6) is 5.75 Å². The summed E-state index contributed by atoms with van der Waals surface area (Å²) in [6, 6.07) is 4.57. The van der Waals surface area contributed by atoms with Crippen LogP contribution in [0.15, 0.2) is 18.2 Å². The first-order chi connectivity index (χ1) is 9.02. The molecule has 2 aromatic rings. The second-order valence-corrected chi connectivity index (χ2v) is 4.42. The van der Waals surface area contributed by atoms with Gasteiger partial charge in [0.15, 0.2) is 0 Å². The van der Waals surface area contributed by atoms with E-state index in [9.17, 15) is 4.79 Å². The molecule has 0 amide bonds. The number of para-hydroxylation sites is 1. The predicted octanol–water partition coefficient (Wildman–Crippen LogP) is 2.06. The SMILES string of the molecule is CCn1c(C)c(C(N)C(=O)O)c2cccc(OC)c21. The van der Waals surface area contributed by atoms with Crippen LogP contribution in [0, 0.1) is 6.92 Å². The average Bonchev–Trinajstić information content (AvgIpc) is 2.69. The summed E-state index contributed by atoms with van der Waals surface area (Å²) in [5, 5.41) is 10.0. The first-order valence-corrected chi connectivity index (χ1v) is 6.17. The fourth-order valence-electron chi connectivity index (χ4n) is 2.60. The van der Waals surface area contributed by atoms with Gasteiger partial charge < -0.3 is 20.1 Å². The number of nitrogens with two attached hydrogens (primary N) is 1. The van der Waals surface area contributed by atoms with Gasteiger partial charge in [0.2, 0.25) is 0 Å². The maximum Gasteiger partial charge on any atom is 0.325 e. The zero-order chi connectivity index (χ0) is 14.2.